The van der Waals surface area contributed by atoms with Gasteiger partial charge >= 0.3 is 0 Å². The molecule has 2 aliphatic heterocycles. The van der Waals surface area contributed by atoms with Gasteiger partial charge in [-0.2, -0.15) is 9.57 Å². The van der Waals surface area contributed by atoms with Crippen molar-refractivity contribution in [3.63, 3.8) is 0 Å². The Bertz CT molecular complexity index is 1550. The Morgan fingerprint density at radius 3 is 2.55 bits per heavy atom. The summed E-state index contributed by atoms with van der Waals surface area (Å²) in [5, 5.41) is 12.9. The molecule has 2 aromatic carbocycles. The molecule has 11 nitrogen and oxygen atoms in total. The van der Waals surface area contributed by atoms with E-state index in [0.717, 1.165) is 44.3 Å². The SMILES string of the molecule is COc1cc(Nc2nccc(-c3ccc(OC4CCOCC4)c(C#N)c3)n2)ccc1S(=O)(=O)N(C)C1CCN(C)CC1. The Hall–Kier alpha value is -3.76. The van der Waals surface area contributed by atoms with Crippen molar-refractivity contribution in [1.82, 2.24) is 19.2 Å². The third kappa shape index (κ3) is 6.65. The van der Waals surface area contributed by atoms with Crippen molar-refractivity contribution < 1.29 is 22.6 Å². The normalized spacial score (nSPS) is 17.1. The number of methoxy groups -OCH3 is 1. The van der Waals surface area contributed by atoms with Crippen LogP contribution in [-0.2, 0) is 14.8 Å². The number of nitriles is 1. The summed E-state index contributed by atoms with van der Waals surface area (Å²) < 4.78 is 45.4. The number of sulfonamides is 1. The lowest BCUT2D eigenvalue weighted by Crippen LogP contribution is -2.44. The van der Waals surface area contributed by atoms with Crippen LogP contribution in [0.5, 0.6) is 11.5 Å². The van der Waals surface area contributed by atoms with Gasteiger partial charge in [0.05, 0.1) is 31.6 Å². The van der Waals surface area contributed by atoms with Gasteiger partial charge in [0, 0.05) is 49.4 Å². The Labute approximate surface area is 247 Å². The van der Waals surface area contributed by atoms with Gasteiger partial charge in [-0.25, -0.2) is 18.4 Å². The molecule has 1 N–H and O–H groups in total. The van der Waals surface area contributed by atoms with Crippen LogP contribution < -0.4 is 14.8 Å². The van der Waals surface area contributed by atoms with Crippen molar-refractivity contribution in [2.45, 2.75) is 42.7 Å². The molecule has 0 saturated carbocycles. The number of rotatable bonds is 9. The second-order valence-corrected chi connectivity index (χ2v) is 12.5. The molecule has 42 heavy (non-hydrogen) atoms. The van der Waals surface area contributed by atoms with Gasteiger partial charge in [0.2, 0.25) is 16.0 Å². The Morgan fingerprint density at radius 1 is 1.07 bits per heavy atom. The number of piperidine rings is 1. The van der Waals surface area contributed by atoms with Crippen molar-refractivity contribution in [3.05, 3.63) is 54.2 Å². The summed E-state index contributed by atoms with van der Waals surface area (Å²) in [7, 11) is 1.37. The molecule has 3 aromatic rings. The molecule has 0 unspecified atom stereocenters. The van der Waals surface area contributed by atoms with Gasteiger partial charge in [0.25, 0.3) is 0 Å². The zero-order valence-electron chi connectivity index (χ0n) is 24.1. The minimum atomic E-state index is -3.76. The molecular formula is C30H36N6O5S. The summed E-state index contributed by atoms with van der Waals surface area (Å²) in [6.07, 6.45) is 4.79. The van der Waals surface area contributed by atoms with Crippen molar-refractivity contribution in [3.8, 4) is 28.8 Å². The monoisotopic (exact) mass is 592 g/mol. The third-order valence-electron chi connectivity index (χ3n) is 7.79. The van der Waals surface area contributed by atoms with E-state index >= 15 is 0 Å². The summed E-state index contributed by atoms with van der Waals surface area (Å²) in [6, 6.07) is 14.2. The molecule has 2 saturated heterocycles. The van der Waals surface area contributed by atoms with Crippen LogP contribution in [-0.4, -0.2) is 87.2 Å². The van der Waals surface area contributed by atoms with E-state index in [1.165, 1.54) is 11.4 Å². The highest BCUT2D eigenvalue weighted by Crippen LogP contribution is 2.33. The largest absolute Gasteiger partial charge is 0.495 e. The molecule has 2 fully saturated rings. The first kappa shape index (κ1) is 29.7. The van der Waals surface area contributed by atoms with Crippen molar-refractivity contribution in [2.24, 2.45) is 0 Å². The minimum absolute atomic E-state index is 0.0274. The van der Waals surface area contributed by atoms with Crippen LogP contribution >= 0.6 is 0 Å². The molecule has 5 rings (SSSR count). The van der Waals surface area contributed by atoms with Crippen LogP contribution in [0.1, 0.15) is 31.2 Å². The average Bonchev–Trinajstić information content (AvgIpc) is 3.01. The van der Waals surface area contributed by atoms with E-state index in [0.29, 0.717) is 41.9 Å². The number of aromatic nitrogens is 2. The number of nitrogens with zero attached hydrogens (tertiary/aromatic N) is 5. The number of anilines is 2. The highest BCUT2D eigenvalue weighted by atomic mass is 32.2. The average molecular weight is 593 g/mol. The highest BCUT2D eigenvalue weighted by Gasteiger charge is 2.32. The first-order valence-corrected chi connectivity index (χ1v) is 15.5. The standard InChI is InChI=1S/C30H36N6O5S/c1-35-14-9-24(10-15-35)36(2)42(37,38)29-7-5-23(19-28(29)39-3)33-30-32-13-8-26(34-30)21-4-6-27(22(18-21)20-31)41-25-11-16-40-17-12-25/h4-8,13,18-19,24-25H,9-12,14-17H2,1-3H3,(H,32,33,34). The first-order valence-electron chi connectivity index (χ1n) is 14.0. The molecule has 0 aliphatic carbocycles. The lowest BCUT2D eigenvalue weighted by atomic mass is 10.1. The van der Waals surface area contributed by atoms with Gasteiger partial charge in [-0.3, -0.25) is 0 Å². The number of ether oxygens (including phenoxy) is 3. The fourth-order valence-electron chi connectivity index (χ4n) is 5.23. The predicted octanol–water partition coefficient (Wildman–Crippen LogP) is 4.04. The summed E-state index contributed by atoms with van der Waals surface area (Å²) in [5.41, 5.74) is 2.36. The molecule has 0 spiro atoms. The van der Waals surface area contributed by atoms with E-state index in [-0.39, 0.29) is 22.8 Å². The number of benzene rings is 2. The quantitative estimate of drug-likeness (QED) is 0.389. The molecule has 2 aliphatic rings. The van der Waals surface area contributed by atoms with Crippen LogP contribution in [0.2, 0.25) is 0 Å². The molecule has 0 radical (unpaired) electrons. The molecular weight excluding hydrogens is 556 g/mol. The topological polar surface area (TPSA) is 130 Å². The van der Waals surface area contributed by atoms with Crippen LogP contribution in [0.25, 0.3) is 11.3 Å². The number of likely N-dealkylation sites (tertiary alicyclic amines) is 1. The summed E-state index contributed by atoms with van der Waals surface area (Å²) in [5.74, 6) is 1.09. The van der Waals surface area contributed by atoms with E-state index in [9.17, 15) is 13.7 Å². The fourth-order valence-corrected chi connectivity index (χ4v) is 6.78. The maximum Gasteiger partial charge on any atom is 0.246 e. The van der Waals surface area contributed by atoms with Crippen LogP contribution in [0.3, 0.4) is 0 Å². The molecule has 3 heterocycles. The Kier molecular flexibility index (Phi) is 9.23. The van der Waals surface area contributed by atoms with Crippen LogP contribution in [0.4, 0.5) is 11.6 Å². The molecule has 0 amide bonds. The lowest BCUT2D eigenvalue weighted by molar-refractivity contribution is 0.0254. The molecule has 0 atom stereocenters. The Morgan fingerprint density at radius 2 is 1.83 bits per heavy atom. The maximum atomic E-state index is 13.5. The number of hydrogen-bond acceptors (Lipinski definition) is 10. The van der Waals surface area contributed by atoms with Gasteiger partial charge < -0.3 is 24.4 Å². The molecule has 0 bridgehead atoms. The van der Waals surface area contributed by atoms with Gasteiger partial charge in [-0.1, -0.05) is 0 Å². The zero-order chi connectivity index (χ0) is 29.7. The maximum absolute atomic E-state index is 13.5. The highest BCUT2D eigenvalue weighted by molar-refractivity contribution is 7.89. The predicted molar refractivity (Wildman–Crippen MR) is 158 cm³/mol. The fraction of sp³-hybridized carbons (Fsp3) is 0.433. The van der Waals surface area contributed by atoms with Gasteiger partial charge in [0.1, 0.15) is 28.6 Å². The van der Waals surface area contributed by atoms with Gasteiger partial charge in [-0.05, 0) is 69.4 Å². The number of hydrogen-bond donors (Lipinski definition) is 1. The van der Waals surface area contributed by atoms with Crippen LogP contribution in [0.15, 0.2) is 53.6 Å². The van der Waals surface area contributed by atoms with Crippen molar-refractivity contribution in [2.75, 3.05) is 52.8 Å². The molecule has 1 aromatic heterocycles. The Balaban J connectivity index is 1.33. The summed E-state index contributed by atoms with van der Waals surface area (Å²) in [6.45, 7) is 3.02. The second kappa shape index (κ2) is 13.0. The van der Waals surface area contributed by atoms with Crippen LogP contribution in [0, 0.1) is 11.3 Å². The summed E-state index contributed by atoms with van der Waals surface area (Å²) >= 11 is 0. The van der Waals surface area contributed by atoms with Gasteiger partial charge in [0.15, 0.2) is 0 Å². The van der Waals surface area contributed by atoms with E-state index in [1.807, 2.05) is 13.1 Å². The molecule has 12 heteroatoms. The first-order chi connectivity index (χ1) is 20.3. The van der Waals surface area contributed by atoms with Gasteiger partial charge in [-0.15, -0.1) is 0 Å². The summed E-state index contributed by atoms with van der Waals surface area (Å²) in [4.78, 5) is 11.3. The lowest BCUT2D eigenvalue weighted by Gasteiger charge is -2.34. The van der Waals surface area contributed by atoms with E-state index in [1.54, 1.807) is 49.6 Å². The van der Waals surface area contributed by atoms with Crippen molar-refractivity contribution >= 4 is 21.7 Å². The minimum Gasteiger partial charge on any atom is -0.495 e. The smallest absolute Gasteiger partial charge is 0.246 e. The zero-order valence-corrected chi connectivity index (χ0v) is 24.9. The third-order valence-corrected chi connectivity index (χ3v) is 9.74. The van der Waals surface area contributed by atoms with E-state index < -0.39 is 10.0 Å². The number of nitrogens with one attached hydrogen (secondary N) is 1. The van der Waals surface area contributed by atoms with E-state index in [2.05, 4.69) is 26.3 Å². The van der Waals surface area contributed by atoms with E-state index in [4.69, 9.17) is 14.2 Å². The van der Waals surface area contributed by atoms with Crippen molar-refractivity contribution in [1.29, 1.82) is 5.26 Å². The second-order valence-electron chi connectivity index (χ2n) is 10.6. The molecule has 222 valence electrons.